The highest BCUT2D eigenvalue weighted by Crippen LogP contribution is 2.37. The molecule has 134 valence electrons. The van der Waals surface area contributed by atoms with Gasteiger partial charge in [0.2, 0.25) is 0 Å². The molecule has 0 saturated heterocycles. The summed E-state index contributed by atoms with van der Waals surface area (Å²) in [5, 5.41) is 5.82. The van der Waals surface area contributed by atoms with Crippen molar-refractivity contribution in [1.29, 1.82) is 0 Å². The lowest BCUT2D eigenvalue weighted by Gasteiger charge is -2.18. The predicted octanol–water partition coefficient (Wildman–Crippen LogP) is 6.24. The molecule has 1 saturated carbocycles. The highest BCUT2D eigenvalue weighted by atomic mass is 32.1. The van der Waals surface area contributed by atoms with Crippen LogP contribution in [0.2, 0.25) is 25.7 Å². The Morgan fingerprint density at radius 1 is 1.17 bits per heavy atom. The van der Waals surface area contributed by atoms with Crippen LogP contribution in [0, 0.1) is 0 Å². The number of rotatable bonds is 6. The minimum absolute atomic E-state index is 0.596. The van der Waals surface area contributed by atoms with Crippen LogP contribution in [0.3, 0.4) is 0 Å². The molecule has 2 aromatic heterocycles. The fourth-order valence-electron chi connectivity index (χ4n) is 3.46. The van der Waals surface area contributed by atoms with Crippen LogP contribution in [0.15, 0.2) is 12.3 Å². The zero-order chi connectivity index (χ0) is 17.0. The van der Waals surface area contributed by atoms with E-state index in [9.17, 15) is 0 Å². The lowest BCUT2D eigenvalue weighted by atomic mass is 9.90. The first-order valence-electron chi connectivity index (χ1n) is 9.56. The predicted molar refractivity (Wildman–Crippen MR) is 107 cm³/mol. The third kappa shape index (κ3) is 4.93. The summed E-state index contributed by atoms with van der Waals surface area (Å²) >= 11 is 1.95. The lowest BCUT2D eigenvalue weighted by molar-refractivity contribution is 0.0820. The molecule has 0 aliphatic heterocycles. The summed E-state index contributed by atoms with van der Waals surface area (Å²) in [7, 11) is -1.01. The molecule has 1 aliphatic carbocycles. The smallest absolute Gasteiger partial charge is 0.140 e. The van der Waals surface area contributed by atoms with Gasteiger partial charge in [-0.1, -0.05) is 51.7 Å². The van der Waals surface area contributed by atoms with E-state index >= 15 is 0 Å². The van der Waals surface area contributed by atoms with Crippen LogP contribution in [-0.4, -0.2) is 24.5 Å². The zero-order valence-corrected chi connectivity index (χ0v) is 17.3. The highest BCUT2D eigenvalue weighted by Gasteiger charge is 2.18. The van der Waals surface area contributed by atoms with E-state index in [-0.39, 0.29) is 0 Å². The fraction of sp³-hybridized carbons (Fsp3) is 0.737. The Balaban J connectivity index is 1.62. The minimum atomic E-state index is -1.01. The quantitative estimate of drug-likeness (QED) is 0.448. The van der Waals surface area contributed by atoms with Crippen molar-refractivity contribution >= 4 is 29.6 Å². The minimum Gasteiger partial charge on any atom is -0.359 e. The van der Waals surface area contributed by atoms with E-state index in [4.69, 9.17) is 4.74 Å². The molecule has 3 rings (SSSR count). The second kappa shape index (κ2) is 8.15. The van der Waals surface area contributed by atoms with Crippen LogP contribution < -0.4 is 0 Å². The van der Waals surface area contributed by atoms with Gasteiger partial charge in [-0.2, -0.15) is 5.10 Å². The summed E-state index contributed by atoms with van der Waals surface area (Å²) < 4.78 is 7.95. The Morgan fingerprint density at radius 2 is 1.88 bits per heavy atom. The molecule has 2 heterocycles. The van der Waals surface area contributed by atoms with E-state index in [0.29, 0.717) is 6.73 Å². The monoisotopic (exact) mass is 364 g/mol. The summed E-state index contributed by atoms with van der Waals surface area (Å²) in [6.45, 7) is 8.63. The molecular weight excluding hydrogens is 332 g/mol. The second-order valence-corrected chi connectivity index (χ2v) is 15.1. The van der Waals surface area contributed by atoms with E-state index in [1.165, 1.54) is 61.2 Å². The summed E-state index contributed by atoms with van der Waals surface area (Å²) in [4.78, 5) is 2.86. The summed E-state index contributed by atoms with van der Waals surface area (Å²) in [5.41, 5.74) is 0. The summed E-state index contributed by atoms with van der Waals surface area (Å²) in [6, 6.07) is 3.60. The zero-order valence-electron chi connectivity index (χ0n) is 15.5. The number of aromatic nitrogens is 2. The number of nitrogens with zero attached hydrogens (tertiary/aromatic N) is 2. The van der Waals surface area contributed by atoms with Crippen LogP contribution >= 0.6 is 11.3 Å². The van der Waals surface area contributed by atoms with Crippen LogP contribution in [-0.2, 0) is 11.5 Å². The highest BCUT2D eigenvalue weighted by molar-refractivity contribution is 7.18. The van der Waals surface area contributed by atoms with Crippen LogP contribution in [0.5, 0.6) is 0 Å². The van der Waals surface area contributed by atoms with Crippen LogP contribution in [0.25, 0.3) is 10.2 Å². The van der Waals surface area contributed by atoms with Gasteiger partial charge in [-0.15, -0.1) is 11.3 Å². The number of hydrogen-bond donors (Lipinski definition) is 0. The van der Waals surface area contributed by atoms with Gasteiger partial charge < -0.3 is 4.74 Å². The first-order valence-corrected chi connectivity index (χ1v) is 14.1. The van der Waals surface area contributed by atoms with Crippen molar-refractivity contribution in [2.24, 2.45) is 0 Å². The number of thiophene rings is 1. The molecule has 0 N–H and O–H groups in total. The first kappa shape index (κ1) is 18.1. The Bertz CT molecular complexity index is 635. The van der Waals surface area contributed by atoms with Gasteiger partial charge in [0.05, 0.1) is 6.20 Å². The third-order valence-electron chi connectivity index (χ3n) is 5.05. The molecule has 0 amide bonds. The molecule has 0 aromatic carbocycles. The second-order valence-electron chi connectivity index (χ2n) is 8.44. The fourth-order valence-corrected chi connectivity index (χ4v) is 5.46. The molecule has 24 heavy (non-hydrogen) atoms. The molecule has 2 aromatic rings. The van der Waals surface area contributed by atoms with Crippen molar-refractivity contribution in [1.82, 2.24) is 9.78 Å². The summed E-state index contributed by atoms with van der Waals surface area (Å²) in [6.07, 6.45) is 11.8. The SMILES string of the molecule is C[Si](C)(C)CCOCn1ncc2cc(C3CCCCCCC3)sc21. The van der Waals surface area contributed by atoms with Gasteiger partial charge in [0, 0.05) is 24.9 Å². The van der Waals surface area contributed by atoms with E-state index in [2.05, 4.69) is 35.5 Å². The molecule has 1 aliphatic rings. The maximum Gasteiger partial charge on any atom is 0.140 e. The van der Waals surface area contributed by atoms with Gasteiger partial charge in [0.1, 0.15) is 11.6 Å². The Hall–Kier alpha value is -0.653. The van der Waals surface area contributed by atoms with Gasteiger partial charge in [0.25, 0.3) is 0 Å². The average Bonchev–Trinajstić information content (AvgIpc) is 3.03. The van der Waals surface area contributed by atoms with Crippen molar-refractivity contribution in [3.63, 3.8) is 0 Å². The molecule has 0 radical (unpaired) electrons. The Kier molecular flexibility index (Phi) is 6.16. The van der Waals surface area contributed by atoms with E-state index in [1.54, 1.807) is 4.88 Å². The third-order valence-corrected chi connectivity index (χ3v) is 8.08. The molecular formula is C19H32N2OSSi. The number of fused-ring (bicyclic) bond motifs is 1. The van der Waals surface area contributed by atoms with E-state index in [1.807, 2.05) is 17.5 Å². The van der Waals surface area contributed by atoms with Gasteiger partial charge in [0.15, 0.2) is 0 Å². The summed E-state index contributed by atoms with van der Waals surface area (Å²) in [5.74, 6) is 0.768. The van der Waals surface area contributed by atoms with E-state index in [0.717, 1.165) is 12.5 Å². The standard InChI is InChI=1S/C19H32N2OSSi/c1-24(2,3)12-11-22-15-21-19-17(14-20-21)13-18(23-19)16-9-7-5-4-6-8-10-16/h13-14,16H,4-12,15H2,1-3H3. The van der Waals surface area contributed by atoms with Crippen molar-refractivity contribution in [2.45, 2.75) is 83.3 Å². The van der Waals surface area contributed by atoms with Crippen molar-refractivity contribution in [3.05, 3.63) is 17.1 Å². The maximum absolute atomic E-state index is 5.90. The number of hydrogen-bond acceptors (Lipinski definition) is 3. The molecule has 1 fully saturated rings. The van der Waals surface area contributed by atoms with Gasteiger partial charge in [-0.25, -0.2) is 4.68 Å². The molecule has 0 spiro atoms. The van der Waals surface area contributed by atoms with Gasteiger partial charge in [-0.05, 0) is 30.9 Å². The lowest BCUT2D eigenvalue weighted by Crippen LogP contribution is -2.22. The normalized spacial score (nSPS) is 18.0. The van der Waals surface area contributed by atoms with Crippen molar-refractivity contribution in [3.8, 4) is 0 Å². The molecule has 0 atom stereocenters. The largest absolute Gasteiger partial charge is 0.359 e. The molecule has 0 bridgehead atoms. The van der Waals surface area contributed by atoms with Crippen molar-refractivity contribution in [2.75, 3.05) is 6.61 Å². The van der Waals surface area contributed by atoms with Crippen molar-refractivity contribution < 1.29 is 4.74 Å². The Morgan fingerprint density at radius 3 is 2.58 bits per heavy atom. The number of ether oxygens (including phenoxy) is 1. The topological polar surface area (TPSA) is 27.1 Å². The Labute approximate surface area is 151 Å². The average molecular weight is 365 g/mol. The van der Waals surface area contributed by atoms with Crippen LogP contribution in [0.1, 0.15) is 55.7 Å². The van der Waals surface area contributed by atoms with Gasteiger partial charge in [-0.3, -0.25) is 0 Å². The van der Waals surface area contributed by atoms with Crippen LogP contribution in [0.4, 0.5) is 0 Å². The van der Waals surface area contributed by atoms with E-state index < -0.39 is 8.07 Å². The molecule has 5 heteroatoms. The molecule has 3 nitrogen and oxygen atoms in total. The first-order chi connectivity index (χ1) is 11.5. The maximum atomic E-state index is 5.90. The molecule has 0 unspecified atom stereocenters. The van der Waals surface area contributed by atoms with Gasteiger partial charge >= 0.3 is 0 Å².